The predicted molar refractivity (Wildman–Crippen MR) is 78.4 cm³/mol. The molecule has 0 radical (unpaired) electrons. The summed E-state index contributed by atoms with van der Waals surface area (Å²) in [6.07, 6.45) is 5.58. The fourth-order valence-corrected chi connectivity index (χ4v) is 3.28. The monoisotopic (exact) mass is 294 g/mol. The van der Waals surface area contributed by atoms with Gasteiger partial charge in [-0.1, -0.05) is 0 Å². The van der Waals surface area contributed by atoms with Crippen LogP contribution in [-0.4, -0.2) is 59.5 Å². The molecule has 0 unspecified atom stereocenters. The summed E-state index contributed by atoms with van der Waals surface area (Å²) in [5.74, 6) is 0.863. The molecule has 0 bridgehead atoms. The van der Waals surface area contributed by atoms with Crippen LogP contribution in [0.2, 0.25) is 0 Å². The molecule has 0 spiro atoms. The van der Waals surface area contributed by atoms with Crippen molar-refractivity contribution >= 4 is 11.8 Å². The highest BCUT2D eigenvalue weighted by molar-refractivity contribution is 5.83. The first-order chi connectivity index (χ1) is 10.1. The molecule has 1 saturated heterocycles. The number of amides is 2. The van der Waals surface area contributed by atoms with Crippen LogP contribution in [0.1, 0.15) is 38.5 Å². The molecule has 3 rings (SSSR count). The van der Waals surface area contributed by atoms with Gasteiger partial charge in [0.05, 0.1) is 12.0 Å². The highest BCUT2D eigenvalue weighted by Crippen LogP contribution is 2.34. The van der Waals surface area contributed by atoms with E-state index in [1.165, 1.54) is 0 Å². The number of hydrogen-bond acceptors (Lipinski definition) is 3. The van der Waals surface area contributed by atoms with Crippen molar-refractivity contribution in [2.24, 2.45) is 17.8 Å². The van der Waals surface area contributed by atoms with Gasteiger partial charge in [-0.25, -0.2) is 0 Å². The zero-order chi connectivity index (χ0) is 15.0. The smallest absolute Gasteiger partial charge is 0.227 e. The van der Waals surface area contributed by atoms with Crippen molar-refractivity contribution in [3.8, 4) is 0 Å². The van der Waals surface area contributed by atoms with E-state index in [1.807, 2.05) is 4.90 Å². The summed E-state index contributed by atoms with van der Waals surface area (Å²) in [6.45, 7) is 1.79. The summed E-state index contributed by atoms with van der Waals surface area (Å²) in [6, 6.07) is 0. The van der Waals surface area contributed by atoms with Crippen LogP contribution in [0.3, 0.4) is 0 Å². The van der Waals surface area contributed by atoms with Gasteiger partial charge in [0.15, 0.2) is 0 Å². The van der Waals surface area contributed by atoms with E-state index in [9.17, 15) is 14.7 Å². The molecule has 2 saturated carbocycles. The number of carbonyl (C=O) groups is 2. The van der Waals surface area contributed by atoms with Crippen LogP contribution < -0.4 is 0 Å². The summed E-state index contributed by atoms with van der Waals surface area (Å²) in [7, 11) is 1.77. The minimum Gasteiger partial charge on any atom is -0.391 e. The number of likely N-dealkylation sites (N-methyl/N-ethyl adjacent to an activating group) is 1. The molecular formula is C16H26N2O3. The molecule has 0 aromatic rings. The van der Waals surface area contributed by atoms with Gasteiger partial charge in [-0.15, -0.1) is 0 Å². The Morgan fingerprint density at radius 3 is 2.52 bits per heavy atom. The molecule has 1 aliphatic heterocycles. The summed E-state index contributed by atoms with van der Waals surface area (Å²) in [5.41, 5.74) is 0. The zero-order valence-corrected chi connectivity index (χ0v) is 12.8. The highest BCUT2D eigenvalue weighted by atomic mass is 16.3. The lowest BCUT2D eigenvalue weighted by Gasteiger charge is -2.34. The van der Waals surface area contributed by atoms with E-state index in [2.05, 4.69) is 0 Å². The maximum Gasteiger partial charge on any atom is 0.227 e. The Morgan fingerprint density at radius 2 is 1.90 bits per heavy atom. The third kappa shape index (κ3) is 3.57. The van der Waals surface area contributed by atoms with E-state index in [0.29, 0.717) is 19.0 Å². The molecule has 1 heterocycles. The quantitative estimate of drug-likeness (QED) is 0.818. The zero-order valence-electron chi connectivity index (χ0n) is 12.8. The summed E-state index contributed by atoms with van der Waals surface area (Å²) >= 11 is 0. The van der Waals surface area contributed by atoms with Gasteiger partial charge < -0.3 is 14.9 Å². The fraction of sp³-hybridized carbons (Fsp3) is 0.875. The Bertz CT molecular complexity index is 418. The molecule has 118 valence electrons. The largest absolute Gasteiger partial charge is 0.391 e. The first-order valence-corrected chi connectivity index (χ1v) is 8.28. The molecule has 5 heteroatoms. The second-order valence-corrected chi connectivity index (χ2v) is 7.02. The van der Waals surface area contributed by atoms with Crippen LogP contribution in [0.15, 0.2) is 0 Å². The van der Waals surface area contributed by atoms with Gasteiger partial charge in [-0.3, -0.25) is 9.59 Å². The van der Waals surface area contributed by atoms with Gasteiger partial charge >= 0.3 is 0 Å². The van der Waals surface area contributed by atoms with E-state index >= 15 is 0 Å². The molecule has 2 aliphatic carbocycles. The highest BCUT2D eigenvalue weighted by Gasteiger charge is 2.38. The maximum absolute atomic E-state index is 12.5. The Hall–Kier alpha value is -1.10. The van der Waals surface area contributed by atoms with Crippen molar-refractivity contribution in [1.82, 2.24) is 9.80 Å². The Labute approximate surface area is 126 Å². The number of nitrogens with zero attached hydrogens (tertiary/aromatic N) is 2. The summed E-state index contributed by atoms with van der Waals surface area (Å²) < 4.78 is 0. The number of hydrogen-bond donors (Lipinski definition) is 1. The van der Waals surface area contributed by atoms with E-state index < -0.39 is 0 Å². The van der Waals surface area contributed by atoms with Gasteiger partial charge in [0.25, 0.3) is 0 Å². The van der Waals surface area contributed by atoms with Crippen molar-refractivity contribution < 1.29 is 14.7 Å². The third-order valence-corrected chi connectivity index (χ3v) is 5.01. The average Bonchev–Trinajstić information content (AvgIpc) is 3.37. The second kappa shape index (κ2) is 5.95. The lowest BCUT2D eigenvalue weighted by molar-refractivity contribution is -0.141. The summed E-state index contributed by atoms with van der Waals surface area (Å²) in [5, 5.41) is 9.97. The Morgan fingerprint density at radius 1 is 1.19 bits per heavy atom. The van der Waals surface area contributed by atoms with E-state index in [4.69, 9.17) is 0 Å². The van der Waals surface area contributed by atoms with Crippen LogP contribution in [-0.2, 0) is 9.59 Å². The number of rotatable bonds is 5. The molecule has 3 fully saturated rings. The number of aliphatic hydroxyl groups is 1. The van der Waals surface area contributed by atoms with Crippen molar-refractivity contribution in [2.45, 2.75) is 44.6 Å². The van der Waals surface area contributed by atoms with Gasteiger partial charge in [-0.2, -0.15) is 0 Å². The SMILES string of the molecule is CN(C[C@H](O)C1CC1)C(=O)[C@H]1CCCN(C(=O)C2CC2)C1. The van der Waals surface area contributed by atoms with Crippen molar-refractivity contribution in [2.75, 3.05) is 26.7 Å². The average molecular weight is 294 g/mol. The van der Waals surface area contributed by atoms with E-state index in [1.54, 1.807) is 11.9 Å². The van der Waals surface area contributed by atoms with Crippen LogP contribution in [0.4, 0.5) is 0 Å². The number of carbonyl (C=O) groups excluding carboxylic acids is 2. The van der Waals surface area contributed by atoms with E-state index in [-0.39, 0.29) is 29.8 Å². The van der Waals surface area contributed by atoms with Crippen molar-refractivity contribution in [3.63, 3.8) is 0 Å². The Kier molecular flexibility index (Phi) is 4.20. The van der Waals surface area contributed by atoms with Gasteiger partial charge in [-0.05, 0) is 44.4 Å². The van der Waals surface area contributed by atoms with Crippen LogP contribution in [0.5, 0.6) is 0 Å². The van der Waals surface area contributed by atoms with Gasteiger partial charge in [0, 0.05) is 32.6 Å². The molecule has 1 N–H and O–H groups in total. The minimum atomic E-state index is -0.383. The number of piperidine rings is 1. The maximum atomic E-state index is 12.5. The normalized spacial score (nSPS) is 27.3. The molecule has 2 amide bonds. The van der Waals surface area contributed by atoms with Crippen LogP contribution >= 0.6 is 0 Å². The van der Waals surface area contributed by atoms with Crippen molar-refractivity contribution in [1.29, 1.82) is 0 Å². The summed E-state index contributed by atoms with van der Waals surface area (Å²) in [4.78, 5) is 28.2. The molecule has 5 nitrogen and oxygen atoms in total. The molecule has 0 aromatic carbocycles. The Balaban J connectivity index is 1.51. The molecule has 2 atom stereocenters. The van der Waals surface area contributed by atoms with Gasteiger partial charge in [0.2, 0.25) is 11.8 Å². The molecular weight excluding hydrogens is 268 g/mol. The number of likely N-dealkylation sites (tertiary alicyclic amines) is 1. The predicted octanol–water partition coefficient (Wildman–Crippen LogP) is 0.864. The second-order valence-electron chi connectivity index (χ2n) is 7.02. The molecule has 0 aromatic heterocycles. The third-order valence-electron chi connectivity index (χ3n) is 5.01. The topological polar surface area (TPSA) is 60.9 Å². The molecule has 3 aliphatic rings. The van der Waals surface area contributed by atoms with E-state index in [0.717, 1.165) is 45.1 Å². The lowest BCUT2D eigenvalue weighted by Crippen LogP contribution is -2.47. The van der Waals surface area contributed by atoms with Crippen LogP contribution in [0.25, 0.3) is 0 Å². The molecule has 21 heavy (non-hydrogen) atoms. The minimum absolute atomic E-state index is 0.0853. The van der Waals surface area contributed by atoms with Crippen LogP contribution in [0, 0.1) is 17.8 Å². The number of aliphatic hydroxyl groups excluding tert-OH is 1. The first kappa shape index (κ1) is 14.8. The standard InChI is InChI=1S/C16H26N2O3/c1-17(10-14(19)11-4-5-11)15(20)13-3-2-8-18(9-13)16(21)12-6-7-12/h11-14,19H,2-10H2,1H3/t13-,14-/m0/s1. The van der Waals surface area contributed by atoms with Crippen molar-refractivity contribution in [3.05, 3.63) is 0 Å². The lowest BCUT2D eigenvalue weighted by atomic mass is 9.96. The first-order valence-electron chi connectivity index (χ1n) is 8.28. The fourth-order valence-electron chi connectivity index (χ4n) is 3.28. The van der Waals surface area contributed by atoms with Gasteiger partial charge in [0.1, 0.15) is 0 Å².